The fraction of sp³-hybridized carbons (Fsp3) is 0.0625. The molecule has 0 unspecified atom stereocenters. The van der Waals surface area contributed by atoms with E-state index < -0.39 is 0 Å². The first-order valence-electron chi connectivity index (χ1n) is 17.5. The Labute approximate surface area is 297 Å². The van der Waals surface area contributed by atoms with Gasteiger partial charge in [0.2, 0.25) is 0 Å². The van der Waals surface area contributed by atoms with E-state index in [1.165, 1.54) is 54.6 Å². The van der Waals surface area contributed by atoms with Gasteiger partial charge in [0, 0.05) is 22.1 Å². The molecule has 0 aliphatic heterocycles. The molecule has 0 saturated heterocycles. The van der Waals surface area contributed by atoms with Gasteiger partial charge < -0.3 is 0 Å². The minimum Gasteiger partial charge on any atom is -0.208 e. The lowest BCUT2D eigenvalue weighted by Gasteiger charge is -2.21. The van der Waals surface area contributed by atoms with Gasteiger partial charge >= 0.3 is 0 Å². The molecule has 0 atom stereocenters. The Morgan fingerprint density at radius 1 is 0.373 bits per heavy atom. The number of benzene rings is 8. The molecule has 1 aliphatic carbocycles. The molecule has 0 bridgehead atoms. The summed E-state index contributed by atoms with van der Waals surface area (Å²) in [6.07, 6.45) is 0. The number of fused-ring (bicyclic) bond motifs is 9. The normalized spacial score (nSPS) is 13.1. The highest BCUT2D eigenvalue weighted by molar-refractivity contribution is 6.23. The number of aromatic nitrogens is 3. The maximum absolute atomic E-state index is 4.97. The van der Waals surface area contributed by atoms with Crippen LogP contribution in [0.25, 0.3) is 88.7 Å². The number of hydrogen-bond acceptors (Lipinski definition) is 3. The monoisotopic (exact) mass is 651 g/mol. The maximum atomic E-state index is 4.97. The lowest BCUT2D eigenvalue weighted by atomic mass is 9.82. The van der Waals surface area contributed by atoms with Gasteiger partial charge in [0.25, 0.3) is 0 Å². The summed E-state index contributed by atoms with van der Waals surface area (Å²) in [4.78, 5) is 14.8. The molecule has 0 spiro atoms. The van der Waals surface area contributed by atoms with E-state index >= 15 is 0 Å². The molecule has 9 aromatic rings. The molecule has 0 fully saturated rings. The van der Waals surface area contributed by atoms with Crippen molar-refractivity contribution in [3.05, 3.63) is 175 Å². The van der Waals surface area contributed by atoms with E-state index in [2.05, 4.69) is 117 Å². The molecule has 8 aromatic carbocycles. The van der Waals surface area contributed by atoms with E-state index in [-0.39, 0.29) is 5.41 Å². The molecule has 1 heterocycles. The van der Waals surface area contributed by atoms with Gasteiger partial charge in [-0.25, -0.2) is 15.0 Å². The Balaban J connectivity index is 1.10. The fourth-order valence-corrected chi connectivity index (χ4v) is 8.13. The summed E-state index contributed by atoms with van der Waals surface area (Å²) in [6.45, 7) is 4.70. The van der Waals surface area contributed by atoms with Crippen LogP contribution in [-0.4, -0.2) is 15.0 Å². The Morgan fingerprint density at radius 2 is 0.922 bits per heavy atom. The van der Waals surface area contributed by atoms with Crippen LogP contribution in [0.2, 0.25) is 0 Å². The van der Waals surface area contributed by atoms with E-state index in [9.17, 15) is 0 Å². The molecule has 1 aromatic heterocycles. The topological polar surface area (TPSA) is 38.7 Å². The maximum Gasteiger partial charge on any atom is 0.164 e. The van der Waals surface area contributed by atoms with E-state index in [1.54, 1.807) is 0 Å². The predicted octanol–water partition coefficient (Wildman–Crippen LogP) is 12.3. The number of rotatable bonds is 4. The van der Waals surface area contributed by atoms with Crippen molar-refractivity contribution in [2.45, 2.75) is 19.3 Å². The Kier molecular flexibility index (Phi) is 6.53. The minimum atomic E-state index is -0.0230. The molecule has 0 saturated carbocycles. The van der Waals surface area contributed by atoms with E-state index in [0.29, 0.717) is 17.5 Å². The highest BCUT2D eigenvalue weighted by Crippen LogP contribution is 2.52. The Bertz CT molecular complexity index is 2760. The second-order valence-corrected chi connectivity index (χ2v) is 14.0. The molecule has 1 aliphatic rings. The summed E-state index contributed by atoms with van der Waals surface area (Å²) in [7, 11) is 0. The summed E-state index contributed by atoms with van der Waals surface area (Å²) in [5.41, 5.74) is 10.7. The van der Waals surface area contributed by atoms with Crippen LogP contribution in [0.15, 0.2) is 164 Å². The SMILES string of the molecule is CC1(C)c2ccccc2-c2c1ccc1c2ccc2ccc3cc(-c4cccc(-c5nc(-c6ccccc6)nc(-c6ccccc6)n5)c4)ccc3c21. The molecule has 51 heavy (non-hydrogen) atoms. The zero-order valence-electron chi connectivity index (χ0n) is 28.4. The summed E-state index contributed by atoms with van der Waals surface area (Å²) >= 11 is 0. The van der Waals surface area contributed by atoms with Gasteiger partial charge in [0.05, 0.1) is 0 Å². The zero-order chi connectivity index (χ0) is 34.1. The highest BCUT2D eigenvalue weighted by atomic mass is 15.0. The number of nitrogens with zero attached hydrogens (tertiary/aromatic N) is 3. The van der Waals surface area contributed by atoms with Crippen molar-refractivity contribution < 1.29 is 0 Å². The molecular weight excluding hydrogens is 619 g/mol. The van der Waals surface area contributed by atoms with Crippen LogP contribution in [0.4, 0.5) is 0 Å². The van der Waals surface area contributed by atoms with Crippen LogP contribution in [0, 0.1) is 0 Å². The molecule has 0 N–H and O–H groups in total. The summed E-state index contributed by atoms with van der Waals surface area (Å²) in [5.74, 6) is 1.97. The van der Waals surface area contributed by atoms with Crippen LogP contribution in [0.5, 0.6) is 0 Å². The van der Waals surface area contributed by atoms with Crippen LogP contribution in [0.1, 0.15) is 25.0 Å². The smallest absolute Gasteiger partial charge is 0.164 e. The first-order chi connectivity index (χ1) is 25.0. The lowest BCUT2D eigenvalue weighted by Crippen LogP contribution is -2.14. The van der Waals surface area contributed by atoms with Crippen molar-refractivity contribution in [3.63, 3.8) is 0 Å². The molecule has 10 rings (SSSR count). The van der Waals surface area contributed by atoms with Gasteiger partial charge in [-0.3, -0.25) is 0 Å². The van der Waals surface area contributed by atoms with Crippen molar-refractivity contribution in [1.82, 2.24) is 15.0 Å². The van der Waals surface area contributed by atoms with Gasteiger partial charge in [0.1, 0.15) is 0 Å². The fourth-order valence-electron chi connectivity index (χ4n) is 8.13. The van der Waals surface area contributed by atoms with Gasteiger partial charge in [-0.1, -0.05) is 166 Å². The quantitative estimate of drug-likeness (QED) is 0.178. The van der Waals surface area contributed by atoms with E-state index in [4.69, 9.17) is 15.0 Å². The van der Waals surface area contributed by atoms with Crippen molar-refractivity contribution in [3.8, 4) is 56.4 Å². The van der Waals surface area contributed by atoms with Crippen LogP contribution in [0.3, 0.4) is 0 Å². The first-order valence-corrected chi connectivity index (χ1v) is 17.5. The van der Waals surface area contributed by atoms with Crippen molar-refractivity contribution in [1.29, 1.82) is 0 Å². The molecule has 240 valence electrons. The van der Waals surface area contributed by atoms with Crippen molar-refractivity contribution in [2.24, 2.45) is 0 Å². The molecule has 3 nitrogen and oxygen atoms in total. The predicted molar refractivity (Wildman–Crippen MR) is 212 cm³/mol. The first kappa shape index (κ1) is 29.5. The summed E-state index contributed by atoms with van der Waals surface area (Å²) < 4.78 is 0. The van der Waals surface area contributed by atoms with E-state index in [1.807, 2.05) is 60.7 Å². The highest BCUT2D eigenvalue weighted by Gasteiger charge is 2.36. The van der Waals surface area contributed by atoms with Crippen LogP contribution in [-0.2, 0) is 5.41 Å². The van der Waals surface area contributed by atoms with Gasteiger partial charge in [-0.15, -0.1) is 0 Å². The standard InChI is InChI=1S/C48H33N3/c1-48(2)41-19-10-9-18-40(41)44-39-25-22-30-20-21-35-28-34(23-24-37(35)43(30)38(39)26-27-42(44)48)33-16-11-17-36(29-33)47-50-45(31-12-5-3-6-13-31)49-46(51-47)32-14-7-4-8-15-32/h3-29H,1-2H3. The second-order valence-electron chi connectivity index (χ2n) is 14.0. The summed E-state index contributed by atoms with van der Waals surface area (Å²) in [6, 6.07) is 58.4. The zero-order valence-corrected chi connectivity index (χ0v) is 28.4. The molecule has 0 radical (unpaired) electrons. The van der Waals surface area contributed by atoms with Gasteiger partial charge in [-0.2, -0.15) is 0 Å². The Hall–Kier alpha value is -6.45. The van der Waals surface area contributed by atoms with Crippen LogP contribution >= 0.6 is 0 Å². The third-order valence-corrected chi connectivity index (χ3v) is 10.7. The summed E-state index contributed by atoms with van der Waals surface area (Å²) in [5, 5.41) is 7.68. The second kappa shape index (κ2) is 11.3. The molecule has 0 amide bonds. The van der Waals surface area contributed by atoms with E-state index in [0.717, 1.165) is 27.8 Å². The average molecular weight is 652 g/mol. The third kappa shape index (κ3) is 4.69. The van der Waals surface area contributed by atoms with Crippen LogP contribution < -0.4 is 0 Å². The van der Waals surface area contributed by atoms with Gasteiger partial charge in [-0.05, 0) is 77.8 Å². The largest absolute Gasteiger partial charge is 0.208 e. The lowest BCUT2D eigenvalue weighted by molar-refractivity contribution is 0.661. The average Bonchev–Trinajstić information content (AvgIpc) is 3.44. The third-order valence-electron chi connectivity index (χ3n) is 10.7. The molecular formula is C48H33N3. The Morgan fingerprint density at radius 3 is 1.67 bits per heavy atom. The van der Waals surface area contributed by atoms with Gasteiger partial charge in [0.15, 0.2) is 17.5 Å². The minimum absolute atomic E-state index is 0.0230. The molecule has 3 heteroatoms. The van der Waals surface area contributed by atoms with Crippen molar-refractivity contribution in [2.75, 3.05) is 0 Å². The van der Waals surface area contributed by atoms with Crippen molar-refractivity contribution >= 4 is 32.3 Å². The number of hydrogen-bond donors (Lipinski definition) is 0.